The number of carbonyl (C=O) groups is 1. The monoisotopic (exact) mass is 404 g/mol. The molecule has 0 aliphatic carbocycles. The van der Waals surface area contributed by atoms with E-state index >= 15 is 0 Å². The minimum atomic E-state index is -3.46. The normalized spacial score (nSPS) is 11.5. The summed E-state index contributed by atoms with van der Waals surface area (Å²) in [6.45, 7) is 0.556. The lowest BCUT2D eigenvalue weighted by molar-refractivity contribution is -0.122. The van der Waals surface area contributed by atoms with Gasteiger partial charge < -0.3 is 15.0 Å². The molecule has 0 aliphatic heterocycles. The molecular formula is C19H24N4O4S. The summed E-state index contributed by atoms with van der Waals surface area (Å²) in [4.78, 5) is 18.4. The standard InChI is InChI=1S/C18H22N4O2S.CH2O2/c1-21(2)12-15-11-20-18-17(15)9-14(10-19-18)13-6-5-7-16(8-13)25(23,24)22(3)4;2-1-3/h5-11H,12H2,1-4H3,(H,19,20);1H,(H,2,3). The van der Waals surface area contributed by atoms with E-state index in [0.717, 1.165) is 34.3 Å². The summed E-state index contributed by atoms with van der Waals surface area (Å²) in [6.07, 6.45) is 3.73. The molecule has 0 bridgehead atoms. The van der Waals surface area contributed by atoms with E-state index in [4.69, 9.17) is 9.90 Å². The maximum Gasteiger partial charge on any atom is 0.290 e. The fourth-order valence-electron chi connectivity index (χ4n) is 2.73. The lowest BCUT2D eigenvalue weighted by atomic mass is 10.1. The molecule has 9 heteroatoms. The molecule has 3 rings (SSSR count). The minimum absolute atomic E-state index is 0.250. The molecule has 8 nitrogen and oxygen atoms in total. The first-order valence-electron chi connectivity index (χ1n) is 8.42. The average Bonchev–Trinajstić information content (AvgIpc) is 3.04. The molecule has 0 spiro atoms. The number of nitrogens with zero attached hydrogens (tertiary/aromatic N) is 3. The van der Waals surface area contributed by atoms with E-state index in [1.165, 1.54) is 18.4 Å². The van der Waals surface area contributed by atoms with Gasteiger partial charge in [-0.05, 0) is 43.4 Å². The van der Waals surface area contributed by atoms with E-state index in [0.29, 0.717) is 0 Å². The number of sulfonamides is 1. The zero-order chi connectivity index (χ0) is 20.9. The summed E-state index contributed by atoms with van der Waals surface area (Å²) in [5.74, 6) is 0. The van der Waals surface area contributed by atoms with Crippen LogP contribution >= 0.6 is 0 Å². The first kappa shape index (κ1) is 21.5. The van der Waals surface area contributed by atoms with Crippen molar-refractivity contribution in [2.75, 3.05) is 28.2 Å². The molecule has 0 saturated heterocycles. The lowest BCUT2D eigenvalue weighted by Gasteiger charge is -2.12. The summed E-state index contributed by atoms with van der Waals surface area (Å²) in [7, 11) is 3.64. The number of fused-ring (bicyclic) bond motifs is 1. The Morgan fingerprint density at radius 1 is 1.14 bits per heavy atom. The first-order chi connectivity index (χ1) is 13.2. The predicted octanol–water partition coefficient (Wildman–Crippen LogP) is 2.24. The van der Waals surface area contributed by atoms with Crippen molar-refractivity contribution in [3.63, 3.8) is 0 Å². The Morgan fingerprint density at radius 3 is 2.43 bits per heavy atom. The average molecular weight is 404 g/mol. The van der Waals surface area contributed by atoms with Gasteiger partial charge in [0.05, 0.1) is 4.90 Å². The van der Waals surface area contributed by atoms with E-state index in [1.54, 1.807) is 24.4 Å². The third-order valence-corrected chi connectivity index (χ3v) is 5.86. The second kappa shape index (κ2) is 8.96. The van der Waals surface area contributed by atoms with E-state index in [1.807, 2.05) is 26.4 Å². The molecule has 150 valence electrons. The number of carboxylic acid groups (broad SMARTS) is 1. The van der Waals surface area contributed by atoms with Gasteiger partial charge in [-0.2, -0.15) is 0 Å². The van der Waals surface area contributed by atoms with Crippen molar-refractivity contribution in [1.29, 1.82) is 0 Å². The van der Waals surface area contributed by atoms with Gasteiger partial charge in [0.2, 0.25) is 10.0 Å². The van der Waals surface area contributed by atoms with E-state index < -0.39 is 10.0 Å². The summed E-state index contributed by atoms with van der Waals surface area (Å²) in [5.41, 5.74) is 3.71. The van der Waals surface area contributed by atoms with Crippen molar-refractivity contribution < 1.29 is 18.3 Å². The number of aromatic nitrogens is 2. The van der Waals surface area contributed by atoms with Crippen LogP contribution in [-0.2, 0) is 21.4 Å². The number of benzene rings is 1. The summed E-state index contributed by atoms with van der Waals surface area (Å²) >= 11 is 0. The molecule has 0 fully saturated rings. The first-order valence-corrected chi connectivity index (χ1v) is 9.86. The topological polar surface area (TPSA) is 107 Å². The zero-order valence-electron chi connectivity index (χ0n) is 16.2. The van der Waals surface area contributed by atoms with Gasteiger partial charge in [0.1, 0.15) is 5.65 Å². The van der Waals surface area contributed by atoms with Crippen LogP contribution in [0.1, 0.15) is 5.56 Å². The van der Waals surface area contributed by atoms with Crippen LogP contribution < -0.4 is 0 Å². The third-order valence-electron chi connectivity index (χ3n) is 4.05. The number of hydrogen-bond acceptors (Lipinski definition) is 5. The zero-order valence-corrected chi connectivity index (χ0v) is 17.1. The van der Waals surface area contributed by atoms with Gasteiger partial charge in [-0.25, -0.2) is 17.7 Å². The molecule has 2 N–H and O–H groups in total. The summed E-state index contributed by atoms with van der Waals surface area (Å²) in [6, 6.07) is 9.01. The van der Waals surface area contributed by atoms with E-state index in [-0.39, 0.29) is 11.4 Å². The molecule has 3 aromatic rings. The van der Waals surface area contributed by atoms with Crippen LogP contribution in [0.15, 0.2) is 47.6 Å². The van der Waals surface area contributed by atoms with Crippen molar-refractivity contribution in [3.05, 3.63) is 48.3 Å². The SMILES string of the molecule is CN(C)Cc1c[nH]c2ncc(-c3cccc(S(=O)(=O)N(C)C)c3)cc12.O=CO. The summed E-state index contributed by atoms with van der Waals surface area (Å²) < 4.78 is 25.9. The molecule has 0 saturated carbocycles. The Kier molecular flexibility index (Phi) is 6.90. The van der Waals surface area contributed by atoms with Crippen LogP contribution in [0.3, 0.4) is 0 Å². The number of H-pyrrole nitrogens is 1. The van der Waals surface area contributed by atoms with Crippen LogP contribution in [0.5, 0.6) is 0 Å². The van der Waals surface area contributed by atoms with Gasteiger partial charge in [-0.3, -0.25) is 4.79 Å². The molecule has 0 aliphatic rings. The molecule has 0 unspecified atom stereocenters. The highest BCUT2D eigenvalue weighted by Crippen LogP contribution is 2.27. The van der Waals surface area contributed by atoms with Gasteiger partial charge in [-0.15, -0.1) is 0 Å². The fraction of sp³-hybridized carbons (Fsp3) is 0.263. The second-order valence-electron chi connectivity index (χ2n) is 6.59. The number of rotatable bonds is 5. The van der Waals surface area contributed by atoms with Crippen molar-refractivity contribution in [1.82, 2.24) is 19.2 Å². The highest BCUT2D eigenvalue weighted by molar-refractivity contribution is 7.89. The maximum atomic E-state index is 12.4. The van der Waals surface area contributed by atoms with Crippen molar-refractivity contribution >= 4 is 27.5 Å². The molecule has 0 radical (unpaired) electrons. The van der Waals surface area contributed by atoms with E-state index in [2.05, 4.69) is 20.9 Å². The van der Waals surface area contributed by atoms with Crippen molar-refractivity contribution in [2.24, 2.45) is 0 Å². The Balaban J connectivity index is 0.000000878. The largest absolute Gasteiger partial charge is 0.483 e. The number of hydrogen-bond donors (Lipinski definition) is 2. The Hall–Kier alpha value is -2.75. The molecule has 0 atom stereocenters. The predicted molar refractivity (Wildman–Crippen MR) is 108 cm³/mol. The quantitative estimate of drug-likeness (QED) is 0.632. The lowest BCUT2D eigenvalue weighted by Crippen LogP contribution is -2.22. The molecule has 0 amide bonds. The molecule has 1 aromatic carbocycles. The number of nitrogens with one attached hydrogen (secondary N) is 1. The third kappa shape index (κ3) is 4.75. The Morgan fingerprint density at radius 2 is 1.82 bits per heavy atom. The van der Waals surface area contributed by atoms with Gasteiger partial charge in [0.25, 0.3) is 6.47 Å². The molecular weight excluding hydrogens is 380 g/mol. The van der Waals surface area contributed by atoms with Crippen LogP contribution in [0, 0.1) is 0 Å². The molecule has 2 aromatic heterocycles. The number of pyridine rings is 1. The van der Waals surface area contributed by atoms with Crippen molar-refractivity contribution in [3.8, 4) is 11.1 Å². The number of aromatic amines is 1. The van der Waals surface area contributed by atoms with Gasteiger partial charge in [0, 0.05) is 44.0 Å². The van der Waals surface area contributed by atoms with Gasteiger partial charge in [-0.1, -0.05) is 12.1 Å². The Bertz CT molecular complexity index is 1060. The van der Waals surface area contributed by atoms with Crippen LogP contribution in [0.4, 0.5) is 0 Å². The second-order valence-corrected chi connectivity index (χ2v) is 8.74. The highest BCUT2D eigenvalue weighted by atomic mass is 32.2. The minimum Gasteiger partial charge on any atom is -0.483 e. The van der Waals surface area contributed by atoms with Crippen LogP contribution in [0.25, 0.3) is 22.2 Å². The molecule has 2 heterocycles. The molecule has 28 heavy (non-hydrogen) atoms. The highest BCUT2D eigenvalue weighted by Gasteiger charge is 2.17. The van der Waals surface area contributed by atoms with Crippen LogP contribution in [0.2, 0.25) is 0 Å². The Labute approximate surface area is 164 Å². The van der Waals surface area contributed by atoms with Gasteiger partial charge >= 0.3 is 0 Å². The van der Waals surface area contributed by atoms with E-state index in [9.17, 15) is 8.42 Å². The van der Waals surface area contributed by atoms with Crippen LogP contribution in [-0.4, -0.2) is 67.4 Å². The summed E-state index contributed by atoms with van der Waals surface area (Å²) in [5, 5.41) is 7.94. The maximum absolute atomic E-state index is 12.4. The van der Waals surface area contributed by atoms with Crippen molar-refractivity contribution in [2.45, 2.75) is 11.4 Å². The fourth-order valence-corrected chi connectivity index (χ4v) is 3.68. The smallest absolute Gasteiger partial charge is 0.290 e. The van der Waals surface area contributed by atoms with Gasteiger partial charge in [0.15, 0.2) is 0 Å².